The van der Waals surface area contributed by atoms with Gasteiger partial charge in [0.05, 0.1) is 0 Å². The number of carboxylic acids is 1. The van der Waals surface area contributed by atoms with E-state index in [9.17, 15) is 9.59 Å². The van der Waals surface area contributed by atoms with E-state index in [-0.39, 0.29) is 12.0 Å². The van der Waals surface area contributed by atoms with Crippen LogP contribution in [0.5, 0.6) is 11.5 Å². The molecule has 0 bridgehead atoms. The average molecular weight is 355 g/mol. The molecular weight excluding hydrogens is 334 g/mol. The van der Waals surface area contributed by atoms with Gasteiger partial charge in [0.1, 0.15) is 17.6 Å². The summed E-state index contributed by atoms with van der Waals surface area (Å²) in [5, 5.41) is 8.68. The van der Waals surface area contributed by atoms with Gasteiger partial charge in [-0.05, 0) is 30.3 Å². The highest BCUT2D eigenvalue weighted by Crippen LogP contribution is 2.21. The molecule has 1 aliphatic heterocycles. The summed E-state index contributed by atoms with van der Waals surface area (Å²) < 4.78 is 11.1. The zero-order valence-corrected chi connectivity index (χ0v) is 14.3. The van der Waals surface area contributed by atoms with Crippen LogP contribution in [0.1, 0.15) is 23.2 Å². The smallest absolute Gasteiger partial charge is 0.341 e. The lowest BCUT2D eigenvalue weighted by Crippen LogP contribution is -2.41. The third kappa shape index (κ3) is 4.75. The van der Waals surface area contributed by atoms with Crippen molar-refractivity contribution in [1.29, 1.82) is 0 Å². The highest BCUT2D eigenvalue weighted by Gasteiger charge is 2.25. The van der Waals surface area contributed by atoms with Crippen molar-refractivity contribution in [3.63, 3.8) is 0 Å². The van der Waals surface area contributed by atoms with Gasteiger partial charge in [0.15, 0.2) is 6.61 Å². The fourth-order valence-electron chi connectivity index (χ4n) is 2.91. The molecule has 1 amide bonds. The second kappa shape index (κ2) is 8.38. The molecule has 6 heteroatoms. The number of carboxylic acid groups (broad SMARTS) is 1. The zero-order valence-electron chi connectivity index (χ0n) is 14.3. The van der Waals surface area contributed by atoms with Crippen molar-refractivity contribution >= 4 is 11.9 Å². The summed E-state index contributed by atoms with van der Waals surface area (Å²) in [4.78, 5) is 25.0. The highest BCUT2D eigenvalue weighted by atomic mass is 16.5. The van der Waals surface area contributed by atoms with E-state index in [0.717, 1.165) is 18.6 Å². The molecule has 0 unspecified atom stereocenters. The van der Waals surface area contributed by atoms with Gasteiger partial charge in [-0.15, -0.1) is 0 Å². The molecule has 0 spiro atoms. The van der Waals surface area contributed by atoms with E-state index in [4.69, 9.17) is 14.6 Å². The first-order chi connectivity index (χ1) is 12.6. The van der Waals surface area contributed by atoms with Crippen molar-refractivity contribution in [1.82, 2.24) is 4.90 Å². The summed E-state index contributed by atoms with van der Waals surface area (Å²) in [7, 11) is 0. The lowest BCUT2D eigenvalue weighted by molar-refractivity contribution is -0.139. The molecule has 3 rings (SSSR count). The minimum Gasteiger partial charge on any atom is -0.490 e. The molecule has 1 N–H and O–H groups in total. The number of para-hydroxylation sites is 1. The number of piperidine rings is 1. The predicted octanol–water partition coefficient (Wildman–Crippen LogP) is 2.83. The van der Waals surface area contributed by atoms with Crippen LogP contribution in [0.15, 0.2) is 54.6 Å². The van der Waals surface area contributed by atoms with Crippen LogP contribution in [-0.4, -0.2) is 47.7 Å². The number of rotatable bonds is 6. The number of hydrogen-bond donors (Lipinski definition) is 1. The molecule has 2 aromatic rings. The third-order valence-electron chi connectivity index (χ3n) is 4.22. The van der Waals surface area contributed by atoms with E-state index < -0.39 is 12.6 Å². The Morgan fingerprint density at radius 2 is 1.69 bits per heavy atom. The maximum absolute atomic E-state index is 12.7. The molecule has 0 radical (unpaired) electrons. The van der Waals surface area contributed by atoms with Crippen LogP contribution < -0.4 is 9.47 Å². The fraction of sp³-hybridized carbons (Fsp3) is 0.300. The Labute approximate surface area is 152 Å². The first kappa shape index (κ1) is 17.8. The minimum atomic E-state index is -1.05. The van der Waals surface area contributed by atoms with E-state index >= 15 is 0 Å². The maximum Gasteiger partial charge on any atom is 0.341 e. The summed E-state index contributed by atoms with van der Waals surface area (Å²) in [6.45, 7) is 0.812. The van der Waals surface area contributed by atoms with Crippen LogP contribution in [0, 0.1) is 0 Å². The number of carbonyl (C=O) groups excluding carboxylic acids is 1. The van der Waals surface area contributed by atoms with Crippen molar-refractivity contribution in [2.24, 2.45) is 0 Å². The number of carbonyl (C=O) groups is 2. The Morgan fingerprint density at radius 1 is 1.00 bits per heavy atom. The minimum absolute atomic E-state index is 0.0797. The van der Waals surface area contributed by atoms with Crippen LogP contribution in [-0.2, 0) is 4.79 Å². The Kier molecular flexibility index (Phi) is 5.73. The van der Waals surface area contributed by atoms with Crippen molar-refractivity contribution in [3.05, 3.63) is 60.2 Å². The van der Waals surface area contributed by atoms with Crippen molar-refractivity contribution in [2.75, 3.05) is 19.7 Å². The van der Waals surface area contributed by atoms with E-state index in [0.29, 0.717) is 24.4 Å². The summed E-state index contributed by atoms with van der Waals surface area (Å²) in [5.74, 6) is 0.0901. The van der Waals surface area contributed by atoms with Gasteiger partial charge in [-0.2, -0.15) is 0 Å². The predicted molar refractivity (Wildman–Crippen MR) is 95.6 cm³/mol. The maximum atomic E-state index is 12.7. The third-order valence-corrected chi connectivity index (χ3v) is 4.22. The van der Waals surface area contributed by atoms with Crippen molar-refractivity contribution < 1.29 is 24.2 Å². The number of likely N-dealkylation sites (tertiary alicyclic amines) is 1. The van der Waals surface area contributed by atoms with Gasteiger partial charge in [-0.25, -0.2) is 4.79 Å². The summed E-state index contributed by atoms with van der Waals surface area (Å²) in [6, 6.07) is 16.3. The molecule has 2 aromatic carbocycles. The standard InChI is InChI=1S/C20H21NO5/c22-19(23)14-25-18-8-4-5-15(13-18)20(24)21-11-9-17(10-12-21)26-16-6-2-1-3-7-16/h1-8,13,17H,9-12,14H2,(H,22,23). The molecule has 26 heavy (non-hydrogen) atoms. The summed E-state index contributed by atoms with van der Waals surface area (Å²) >= 11 is 0. The van der Waals surface area contributed by atoms with E-state index in [1.165, 1.54) is 0 Å². The molecule has 0 saturated carbocycles. The topological polar surface area (TPSA) is 76.1 Å². The quantitative estimate of drug-likeness (QED) is 0.862. The van der Waals surface area contributed by atoms with Gasteiger partial charge < -0.3 is 19.5 Å². The van der Waals surface area contributed by atoms with E-state index in [2.05, 4.69) is 0 Å². The van der Waals surface area contributed by atoms with Gasteiger partial charge in [0, 0.05) is 31.5 Å². The van der Waals surface area contributed by atoms with Crippen LogP contribution in [0.25, 0.3) is 0 Å². The molecule has 6 nitrogen and oxygen atoms in total. The molecule has 136 valence electrons. The lowest BCUT2D eigenvalue weighted by atomic mass is 10.1. The van der Waals surface area contributed by atoms with Gasteiger partial charge in [-0.1, -0.05) is 24.3 Å². The number of ether oxygens (including phenoxy) is 2. The van der Waals surface area contributed by atoms with E-state index in [1.807, 2.05) is 30.3 Å². The van der Waals surface area contributed by atoms with Crippen molar-refractivity contribution in [3.8, 4) is 11.5 Å². The molecular formula is C20H21NO5. The van der Waals surface area contributed by atoms with Gasteiger partial charge in [0.25, 0.3) is 5.91 Å². The Bertz CT molecular complexity index is 754. The molecule has 1 aliphatic rings. The fourth-order valence-corrected chi connectivity index (χ4v) is 2.91. The Hall–Kier alpha value is -3.02. The molecule has 0 aromatic heterocycles. The number of nitrogens with zero attached hydrogens (tertiary/aromatic N) is 1. The van der Waals surface area contributed by atoms with Crippen LogP contribution >= 0.6 is 0 Å². The normalized spacial score (nSPS) is 14.7. The SMILES string of the molecule is O=C(O)COc1cccc(C(=O)N2CCC(Oc3ccccc3)CC2)c1. The number of hydrogen-bond acceptors (Lipinski definition) is 4. The summed E-state index contributed by atoms with van der Waals surface area (Å²) in [5.41, 5.74) is 0.496. The van der Waals surface area contributed by atoms with Crippen LogP contribution in [0.4, 0.5) is 0 Å². The van der Waals surface area contributed by atoms with Crippen LogP contribution in [0.3, 0.4) is 0 Å². The van der Waals surface area contributed by atoms with Gasteiger partial charge in [0.2, 0.25) is 0 Å². The molecule has 1 fully saturated rings. The lowest BCUT2D eigenvalue weighted by Gasteiger charge is -2.32. The molecule has 0 atom stereocenters. The number of amides is 1. The highest BCUT2D eigenvalue weighted by molar-refractivity contribution is 5.94. The van der Waals surface area contributed by atoms with Gasteiger partial charge >= 0.3 is 5.97 Å². The molecule has 1 saturated heterocycles. The first-order valence-electron chi connectivity index (χ1n) is 8.57. The van der Waals surface area contributed by atoms with E-state index in [1.54, 1.807) is 29.2 Å². The van der Waals surface area contributed by atoms with Gasteiger partial charge in [-0.3, -0.25) is 4.79 Å². The number of benzene rings is 2. The summed E-state index contributed by atoms with van der Waals surface area (Å²) in [6.07, 6.45) is 1.65. The average Bonchev–Trinajstić information content (AvgIpc) is 2.67. The second-order valence-electron chi connectivity index (χ2n) is 6.13. The zero-order chi connectivity index (χ0) is 18.4. The molecule has 0 aliphatic carbocycles. The Morgan fingerprint density at radius 3 is 2.38 bits per heavy atom. The number of aliphatic carboxylic acids is 1. The largest absolute Gasteiger partial charge is 0.490 e. The molecule has 1 heterocycles. The second-order valence-corrected chi connectivity index (χ2v) is 6.13. The van der Waals surface area contributed by atoms with Crippen LogP contribution in [0.2, 0.25) is 0 Å². The first-order valence-corrected chi connectivity index (χ1v) is 8.57. The Balaban J connectivity index is 1.55. The monoisotopic (exact) mass is 355 g/mol. The van der Waals surface area contributed by atoms with Crippen molar-refractivity contribution in [2.45, 2.75) is 18.9 Å².